The third-order valence-corrected chi connectivity index (χ3v) is 4.41. The number of carbonyl (C=O) groups is 1. The average molecular weight is 377 g/mol. The molecule has 0 N–H and O–H groups in total. The van der Waals surface area contributed by atoms with Gasteiger partial charge in [0.1, 0.15) is 12.4 Å². The van der Waals surface area contributed by atoms with Crippen LogP contribution in [0.3, 0.4) is 0 Å². The van der Waals surface area contributed by atoms with E-state index in [1.54, 1.807) is 22.8 Å². The maximum absolute atomic E-state index is 12.6. The zero-order valence-electron chi connectivity index (χ0n) is 13.8. The highest BCUT2D eigenvalue weighted by Gasteiger charge is 2.17. The van der Waals surface area contributed by atoms with Gasteiger partial charge in [-0.2, -0.15) is 0 Å². The fraction of sp³-hybridized carbons (Fsp3) is 0.263. The second-order valence-corrected chi connectivity index (χ2v) is 6.56. The van der Waals surface area contributed by atoms with Gasteiger partial charge < -0.3 is 4.74 Å². The highest BCUT2D eigenvalue weighted by molar-refractivity contribution is 6.35. The molecule has 3 aromatic rings. The number of hydrogen-bond acceptors (Lipinski definition) is 3. The summed E-state index contributed by atoms with van der Waals surface area (Å²) < 4.78 is 7.42. The fourth-order valence-electron chi connectivity index (χ4n) is 2.63. The lowest BCUT2D eigenvalue weighted by atomic mass is 10.2. The van der Waals surface area contributed by atoms with E-state index >= 15 is 0 Å². The summed E-state index contributed by atoms with van der Waals surface area (Å²) in [7, 11) is 0. The van der Waals surface area contributed by atoms with E-state index in [0.717, 1.165) is 23.9 Å². The average Bonchev–Trinajstić information content (AvgIpc) is 2.97. The number of aromatic nitrogens is 2. The van der Waals surface area contributed by atoms with Crippen LogP contribution >= 0.6 is 23.2 Å². The molecule has 130 valence electrons. The standard InChI is InChI=1S/C19H18Cl2N2O2/c1-2-3-8-19(24)23-16-7-5-4-6-15(16)22-18(23)12-25-17-10-9-13(20)11-14(17)21/h4-7,9-11H,2-3,8,12H2,1H3. The molecule has 0 spiro atoms. The first-order valence-corrected chi connectivity index (χ1v) is 8.93. The van der Waals surface area contributed by atoms with Crippen molar-refractivity contribution in [1.29, 1.82) is 0 Å². The van der Waals surface area contributed by atoms with Crippen LogP contribution in [-0.4, -0.2) is 15.5 Å². The molecule has 0 saturated heterocycles. The Balaban J connectivity index is 1.90. The monoisotopic (exact) mass is 376 g/mol. The first-order valence-electron chi connectivity index (χ1n) is 8.17. The maximum Gasteiger partial charge on any atom is 0.232 e. The third-order valence-electron chi connectivity index (χ3n) is 3.87. The molecule has 0 amide bonds. The topological polar surface area (TPSA) is 44.1 Å². The Bertz CT molecular complexity index is 906. The fourth-order valence-corrected chi connectivity index (χ4v) is 3.09. The predicted molar refractivity (Wildman–Crippen MR) is 101 cm³/mol. The number of fused-ring (bicyclic) bond motifs is 1. The quantitative estimate of drug-likeness (QED) is 0.549. The zero-order chi connectivity index (χ0) is 17.8. The smallest absolute Gasteiger partial charge is 0.232 e. The normalized spacial score (nSPS) is 11.0. The summed E-state index contributed by atoms with van der Waals surface area (Å²) in [5, 5.41) is 0.965. The number of halogens is 2. The summed E-state index contributed by atoms with van der Waals surface area (Å²) in [6, 6.07) is 12.6. The maximum atomic E-state index is 12.6. The molecule has 0 saturated carbocycles. The van der Waals surface area contributed by atoms with E-state index in [4.69, 9.17) is 27.9 Å². The summed E-state index contributed by atoms with van der Waals surface area (Å²) in [5.41, 5.74) is 1.57. The van der Waals surface area contributed by atoms with Gasteiger partial charge >= 0.3 is 0 Å². The molecule has 0 aliphatic rings. The minimum atomic E-state index is 0.0244. The Kier molecular flexibility index (Phi) is 5.61. The van der Waals surface area contributed by atoms with Gasteiger partial charge in [-0.1, -0.05) is 48.7 Å². The van der Waals surface area contributed by atoms with Crippen molar-refractivity contribution in [3.8, 4) is 5.75 Å². The van der Waals surface area contributed by atoms with Crippen molar-refractivity contribution >= 4 is 40.1 Å². The minimum Gasteiger partial charge on any atom is -0.484 e. The van der Waals surface area contributed by atoms with E-state index < -0.39 is 0 Å². The molecule has 6 heteroatoms. The van der Waals surface area contributed by atoms with Gasteiger partial charge in [-0.15, -0.1) is 0 Å². The van der Waals surface area contributed by atoms with Crippen molar-refractivity contribution < 1.29 is 9.53 Å². The van der Waals surface area contributed by atoms with Gasteiger partial charge in [0, 0.05) is 11.4 Å². The summed E-state index contributed by atoms with van der Waals surface area (Å²) in [5.74, 6) is 1.09. The highest BCUT2D eigenvalue weighted by atomic mass is 35.5. The SMILES string of the molecule is CCCCC(=O)n1c(COc2ccc(Cl)cc2Cl)nc2ccccc21. The molecule has 0 radical (unpaired) electrons. The number of imidazole rings is 1. The van der Waals surface area contributed by atoms with Crippen LogP contribution in [0.25, 0.3) is 11.0 Å². The van der Waals surface area contributed by atoms with E-state index in [-0.39, 0.29) is 12.5 Å². The van der Waals surface area contributed by atoms with Crippen molar-refractivity contribution in [3.05, 3.63) is 58.3 Å². The molecule has 1 aromatic heterocycles. The molecule has 1 heterocycles. The van der Waals surface area contributed by atoms with Crippen LogP contribution < -0.4 is 4.74 Å². The Morgan fingerprint density at radius 2 is 2.00 bits per heavy atom. The first kappa shape index (κ1) is 17.8. The number of carbonyl (C=O) groups excluding carboxylic acids is 1. The molecule has 4 nitrogen and oxygen atoms in total. The molecule has 25 heavy (non-hydrogen) atoms. The van der Waals surface area contributed by atoms with Gasteiger partial charge in [-0.3, -0.25) is 9.36 Å². The largest absolute Gasteiger partial charge is 0.484 e. The number of hydrogen-bond donors (Lipinski definition) is 0. The predicted octanol–water partition coefficient (Wildman–Crippen LogP) is 5.75. The lowest BCUT2D eigenvalue weighted by Gasteiger charge is -2.10. The van der Waals surface area contributed by atoms with Crippen molar-refractivity contribution in [3.63, 3.8) is 0 Å². The third kappa shape index (κ3) is 3.97. The van der Waals surface area contributed by atoms with Crippen molar-refractivity contribution in [2.24, 2.45) is 0 Å². The zero-order valence-corrected chi connectivity index (χ0v) is 15.3. The second kappa shape index (κ2) is 7.89. The van der Waals surface area contributed by atoms with Crippen LogP contribution in [0.4, 0.5) is 0 Å². The van der Waals surface area contributed by atoms with E-state index in [1.807, 2.05) is 24.3 Å². The van der Waals surface area contributed by atoms with Crippen LogP contribution in [-0.2, 0) is 6.61 Å². The summed E-state index contributed by atoms with van der Waals surface area (Å²) in [6.07, 6.45) is 2.28. The highest BCUT2D eigenvalue weighted by Crippen LogP contribution is 2.28. The number of benzene rings is 2. The van der Waals surface area contributed by atoms with Crippen LogP contribution in [0, 0.1) is 0 Å². The first-order chi connectivity index (χ1) is 12.1. The van der Waals surface area contributed by atoms with Gasteiger partial charge in [-0.05, 0) is 36.8 Å². The van der Waals surface area contributed by atoms with Gasteiger partial charge in [0.2, 0.25) is 5.91 Å². The molecular weight excluding hydrogens is 359 g/mol. The lowest BCUT2D eigenvalue weighted by Crippen LogP contribution is -2.15. The van der Waals surface area contributed by atoms with Gasteiger partial charge in [0.25, 0.3) is 0 Å². The molecule has 0 atom stereocenters. The molecule has 0 aliphatic heterocycles. The second-order valence-electron chi connectivity index (χ2n) is 5.71. The Hall–Kier alpha value is -2.04. The van der Waals surface area contributed by atoms with E-state index in [2.05, 4.69) is 11.9 Å². The van der Waals surface area contributed by atoms with Crippen LogP contribution in [0.5, 0.6) is 5.75 Å². The molecule has 0 fully saturated rings. The van der Waals surface area contributed by atoms with Gasteiger partial charge in [0.15, 0.2) is 5.82 Å². The van der Waals surface area contributed by atoms with Crippen LogP contribution in [0.1, 0.15) is 36.8 Å². The summed E-state index contributed by atoms with van der Waals surface area (Å²) >= 11 is 12.0. The number of unbranched alkanes of at least 4 members (excludes halogenated alkanes) is 1. The van der Waals surface area contributed by atoms with E-state index in [0.29, 0.717) is 28.0 Å². The molecular formula is C19H18Cl2N2O2. The Labute approximate surface area is 156 Å². The summed E-state index contributed by atoms with van der Waals surface area (Å²) in [4.78, 5) is 17.2. The number of nitrogens with zero attached hydrogens (tertiary/aromatic N) is 2. The van der Waals surface area contributed by atoms with E-state index in [1.165, 1.54) is 0 Å². The number of rotatable bonds is 6. The molecule has 0 unspecified atom stereocenters. The lowest BCUT2D eigenvalue weighted by molar-refractivity contribution is 0.0896. The minimum absolute atomic E-state index is 0.0244. The van der Waals surface area contributed by atoms with Crippen molar-refractivity contribution in [2.75, 3.05) is 0 Å². The number of ether oxygens (including phenoxy) is 1. The Morgan fingerprint density at radius 1 is 1.20 bits per heavy atom. The van der Waals surface area contributed by atoms with Crippen molar-refractivity contribution in [2.45, 2.75) is 32.8 Å². The van der Waals surface area contributed by atoms with Crippen LogP contribution in [0.15, 0.2) is 42.5 Å². The van der Waals surface area contributed by atoms with Crippen molar-refractivity contribution in [1.82, 2.24) is 9.55 Å². The van der Waals surface area contributed by atoms with Crippen LogP contribution in [0.2, 0.25) is 10.0 Å². The number of para-hydroxylation sites is 2. The van der Waals surface area contributed by atoms with E-state index in [9.17, 15) is 4.79 Å². The molecule has 0 aliphatic carbocycles. The van der Waals surface area contributed by atoms with Gasteiger partial charge in [-0.25, -0.2) is 4.98 Å². The molecule has 0 bridgehead atoms. The molecule has 2 aromatic carbocycles. The molecule has 3 rings (SSSR count). The van der Waals surface area contributed by atoms with Gasteiger partial charge in [0.05, 0.1) is 16.1 Å². The summed E-state index contributed by atoms with van der Waals surface area (Å²) in [6.45, 7) is 2.21. The Morgan fingerprint density at radius 3 is 2.76 bits per heavy atom.